The summed E-state index contributed by atoms with van der Waals surface area (Å²) in [6.07, 6.45) is 0. The predicted octanol–water partition coefficient (Wildman–Crippen LogP) is 3.67. The number of thiophene rings is 1. The Labute approximate surface area is 121 Å². The second-order valence-electron chi connectivity index (χ2n) is 5.38. The van der Waals surface area contributed by atoms with Gasteiger partial charge in [-0.25, -0.2) is 0 Å². The number of hydrogen-bond donors (Lipinski definition) is 0. The lowest BCUT2D eigenvalue weighted by Gasteiger charge is -2.27. The lowest BCUT2D eigenvalue weighted by atomic mass is 10.2. The third kappa shape index (κ3) is 5.08. The highest BCUT2D eigenvalue weighted by Crippen LogP contribution is 2.22. The van der Waals surface area contributed by atoms with Gasteiger partial charge in [-0.2, -0.15) is 0 Å². The molecule has 0 saturated carbocycles. The van der Waals surface area contributed by atoms with Crippen molar-refractivity contribution < 1.29 is 9.53 Å². The smallest absolute Gasteiger partial charge is 0.323 e. The molecule has 0 bridgehead atoms. The van der Waals surface area contributed by atoms with Crippen molar-refractivity contribution in [2.75, 3.05) is 7.05 Å². The van der Waals surface area contributed by atoms with Crippen molar-refractivity contribution in [3.63, 3.8) is 0 Å². The van der Waals surface area contributed by atoms with Crippen molar-refractivity contribution in [2.45, 2.75) is 45.9 Å². The average molecular weight is 334 g/mol. The van der Waals surface area contributed by atoms with Gasteiger partial charge in [-0.05, 0) is 67.7 Å². The van der Waals surface area contributed by atoms with Crippen LogP contribution in [0.2, 0.25) is 0 Å². The first kappa shape index (κ1) is 15.7. The van der Waals surface area contributed by atoms with Crippen LogP contribution in [0.5, 0.6) is 0 Å². The third-order valence-corrected chi connectivity index (χ3v) is 4.02. The Morgan fingerprint density at radius 1 is 1.56 bits per heavy atom. The molecule has 0 saturated heterocycles. The van der Waals surface area contributed by atoms with Gasteiger partial charge in [0.25, 0.3) is 0 Å². The molecule has 0 N–H and O–H groups in total. The van der Waals surface area contributed by atoms with Gasteiger partial charge in [-0.15, -0.1) is 11.3 Å². The van der Waals surface area contributed by atoms with Crippen LogP contribution in [0.4, 0.5) is 0 Å². The number of esters is 1. The minimum Gasteiger partial charge on any atom is -0.459 e. The van der Waals surface area contributed by atoms with Gasteiger partial charge in [0.2, 0.25) is 0 Å². The molecule has 0 fully saturated rings. The maximum atomic E-state index is 11.9. The minimum atomic E-state index is -0.433. The molecule has 1 unspecified atom stereocenters. The molecule has 1 rings (SSSR count). The first-order chi connectivity index (χ1) is 8.19. The molecule has 0 radical (unpaired) electrons. The van der Waals surface area contributed by atoms with E-state index in [1.165, 1.54) is 5.56 Å². The second-order valence-corrected chi connectivity index (χ2v) is 7.67. The number of ether oxygens (including phenoxy) is 1. The summed E-state index contributed by atoms with van der Waals surface area (Å²) in [5.74, 6) is -0.181. The summed E-state index contributed by atoms with van der Waals surface area (Å²) in [5.41, 5.74) is 0.766. The fourth-order valence-corrected chi connectivity index (χ4v) is 2.62. The molecular weight excluding hydrogens is 314 g/mol. The molecule has 1 aromatic rings. The van der Waals surface area contributed by atoms with Gasteiger partial charge in [-0.3, -0.25) is 9.69 Å². The predicted molar refractivity (Wildman–Crippen MR) is 78.8 cm³/mol. The van der Waals surface area contributed by atoms with Crippen LogP contribution in [0.1, 0.15) is 33.3 Å². The van der Waals surface area contributed by atoms with E-state index in [9.17, 15) is 4.79 Å². The van der Waals surface area contributed by atoms with E-state index in [2.05, 4.69) is 27.4 Å². The van der Waals surface area contributed by atoms with E-state index in [1.54, 1.807) is 11.3 Å². The summed E-state index contributed by atoms with van der Waals surface area (Å²) in [7, 11) is 1.93. The van der Waals surface area contributed by atoms with Crippen LogP contribution in [0.25, 0.3) is 0 Å². The normalized spacial score (nSPS) is 13.7. The molecule has 102 valence electrons. The molecule has 1 aromatic heterocycles. The monoisotopic (exact) mass is 333 g/mol. The van der Waals surface area contributed by atoms with Gasteiger partial charge in [0.1, 0.15) is 11.6 Å². The van der Waals surface area contributed by atoms with Crippen LogP contribution in [-0.4, -0.2) is 29.6 Å². The fraction of sp³-hybridized carbons (Fsp3) is 0.615. The Kier molecular flexibility index (Phi) is 5.37. The van der Waals surface area contributed by atoms with E-state index in [1.807, 2.05) is 39.6 Å². The zero-order valence-electron chi connectivity index (χ0n) is 11.5. The van der Waals surface area contributed by atoms with Gasteiger partial charge < -0.3 is 4.74 Å². The van der Waals surface area contributed by atoms with E-state index in [0.29, 0.717) is 0 Å². The van der Waals surface area contributed by atoms with Gasteiger partial charge in [0.15, 0.2) is 0 Å². The highest BCUT2D eigenvalue weighted by molar-refractivity contribution is 9.11. The molecular formula is C13H20BrNO2S. The SMILES string of the molecule is CC(C(=O)OC(C)(C)C)N(C)Cc1csc(Br)c1. The summed E-state index contributed by atoms with van der Waals surface area (Å²) in [6.45, 7) is 8.26. The summed E-state index contributed by atoms with van der Waals surface area (Å²) in [6, 6.07) is 1.83. The largest absolute Gasteiger partial charge is 0.459 e. The maximum absolute atomic E-state index is 11.9. The molecule has 0 aliphatic rings. The molecule has 18 heavy (non-hydrogen) atoms. The number of rotatable bonds is 4. The Bertz CT molecular complexity index is 411. The number of carbonyl (C=O) groups is 1. The molecule has 0 amide bonds. The Morgan fingerprint density at radius 3 is 2.61 bits per heavy atom. The highest BCUT2D eigenvalue weighted by Gasteiger charge is 2.24. The van der Waals surface area contributed by atoms with Crippen LogP contribution in [0, 0.1) is 0 Å². The Balaban J connectivity index is 2.55. The lowest BCUT2D eigenvalue weighted by Crippen LogP contribution is -2.40. The van der Waals surface area contributed by atoms with Crippen LogP contribution in [0.3, 0.4) is 0 Å². The summed E-state index contributed by atoms with van der Waals surface area (Å²) >= 11 is 5.09. The lowest BCUT2D eigenvalue weighted by molar-refractivity contribution is -0.160. The van der Waals surface area contributed by atoms with E-state index in [0.717, 1.165) is 10.3 Å². The molecule has 0 aliphatic carbocycles. The summed E-state index contributed by atoms with van der Waals surface area (Å²) in [5, 5.41) is 2.09. The molecule has 3 nitrogen and oxygen atoms in total. The van der Waals surface area contributed by atoms with Crippen LogP contribution >= 0.6 is 27.3 Å². The van der Waals surface area contributed by atoms with Crippen molar-refractivity contribution in [2.24, 2.45) is 0 Å². The van der Waals surface area contributed by atoms with E-state index >= 15 is 0 Å². The molecule has 1 atom stereocenters. The topological polar surface area (TPSA) is 29.5 Å². The first-order valence-electron chi connectivity index (χ1n) is 5.85. The zero-order valence-corrected chi connectivity index (χ0v) is 13.9. The van der Waals surface area contributed by atoms with Crippen LogP contribution in [-0.2, 0) is 16.1 Å². The number of hydrogen-bond acceptors (Lipinski definition) is 4. The second kappa shape index (κ2) is 6.17. The van der Waals surface area contributed by atoms with Gasteiger partial charge in [-0.1, -0.05) is 0 Å². The summed E-state index contributed by atoms with van der Waals surface area (Å²) in [4.78, 5) is 13.9. The number of carbonyl (C=O) groups excluding carboxylic acids is 1. The Morgan fingerprint density at radius 2 is 2.17 bits per heavy atom. The van der Waals surface area contributed by atoms with Crippen molar-refractivity contribution >= 4 is 33.2 Å². The highest BCUT2D eigenvalue weighted by atomic mass is 79.9. The van der Waals surface area contributed by atoms with Gasteiger partial charge in [0, 0.05) is 6.54 Å². The minimum absolute atomic E-state index is 0.181. The van der Waals surface area contributed by atoms with Crippen LogP contribution < -0.4 is 0 Å². The number of halogens is 1. The Hall–Kier alpha value is -0.390. The van der Waals surface area contributed by atoms with Crippen molar-refractivity contribution in [1.82, 2.24) is 4.90 Å². The third-order valence-electron chi connectivity index (χ3n) is 2.46. The molecule has 0 spiro atoms. The molecule has 5 heteroatoms. The van der Waals surface area contributed by atoms with Crippen molar-refractivity contribution in [1.29, 1.82) is 0 Å². The van der Waals surface area contributed by atoms with Gasteiger partial charge in [0.05, 0.1) is 3.79 Å². The van der Waals surface area contributed by atoms with E-state index < -0.39 is 5.60 Å². The number of likely N-dealkylation sites (N-methyl/N-ethyl adjacent to an activating group) is 1. The summed E-state index contributed by atoms with van der Waals surface area (Å²) < 4.78 is 6.48. The maximum Gasteiger partial charge on any atom is 0.323 e. The van der Waals surface area contributed by atoms with E-state index in [4.69, 9.17) is 4.74 Å². The fourth-order valence-electron chi connectivity index (χ4n) is 1.42. The van der Waals surface area contributed by atoms with Crippen molar-refractivity contribution in [3.05, 3.63) is 20.8 Å². The van der Waals surface area contributed by atoms with Gasteiger partial charge >= 0.3 is 5.97 Å². The molecule has 1 heterocycles. The zero-order chi connectivity index (χ0) is 13.9. The van der Waals surface area contributed by atoms with Crippen molar-refractivity contribution in [3.8, 4) is 0 Å². The molecule has 0 aromatic carbocycles. The standard InChI is InChI=1S/C13H20BrNO2S/c1-9(12(16)17-13(2,3)4)15(5)7-10-6-11(14)18-8-10/h6,8-9H,7H2,1-5H3. The number of nitrogens with zero attached hydrogens (tertiary/aromatic N) is 1. The molecule has 0 aliphatic heterocycles. The first-order valence-corrected chi connectivity index (χ1v) is 7.52. The van der Waals surface area contributed by atoms with E-state index in [-0.39, 0.29) is 12.0 Å². The average Bonchev–Trinajstić information content (AvgIpc) is 2.60. The quantitative estimate of drug-likeness (QED) is 0.787. The van der Waals surface area contributed by atoms with Crippen LogP contribution in [0.15, 0.2) is 15.2 Å².